The van der Waals surface area contributed by atoms with Crippen LogP contribution in [0, 0.1) is 0 Å². The van der Waals surface area contributed by atoms with Crippen molar-refractivity contribution in [3.8, 4) is 0 Å². The van der Waals surface area contributed by atoms with E-state index < -0.39 is 10.0 Å². The summed E-state index contributed by atoms with van der Waals surface area (Å²) in [5.74, 6) is 0. The highest BCUT2D eigenvalue weighted by Crippen LogP contribution is 2.20. The van der Waals surface area contributed by atoms with Crippen LogP contribution in [0.25, 0.3) is 0 Å². The monoisotopic (exact) mass is 298 g/mol. The molecule has 20 heavy (non-hydrogen) atoms. The number of nitrogens with one attached hydrogen (secondary N) is 2. The van der Waals surface area contributed by atoms with Gasteiger partial charge in [0.1, 0.15) is 4.90 Å². The maximum absolute atomic E-state index is 12.2. The van der Waals surface area contributed by atoms with Crippen molar-refractivity contribution in [1.29, 1.82) is 0 Å². The zero-order valence-electron chi connectivity index (χ0n) is 12.5. The molecule has 0 spiro atoms. The number of anilines is 1. The second kappa shape index (κ2) is 8.97. The third kappa shape index (κ3) is 5.51. The Morgan fingerprint density at radius 1 is 0.950 bits per heavy atom. The standard InChI is InChI=1S/C15H26N2O2S/c1-3-5-6-9-13-16-14-10-7-8-11-15(14)20(18,19)17-12-4-2/h7-8,10-11,16-17H,3-6,9,12-13H2,1-2H3. The second-order valence-corrected chi connectivity index (χ2v) is 6.62. The van der Waals surface area contributed by atoms with Crippen molar-refractivity contribution in [1.82, 2.24) is 4.72 Å². The Balaban J connectivity index is 2.68. The molecule has 0 heterocycles. The molecule has 0 unspecified atom stereocenters. The summed E-state index contributed by atoms with van der Waals surface area (Å²) >= 11 is 0. The van der Waals surface area contributed by atoms with Crippen molar-refractivity contribution in [2.75, 3.05) is 18.4 Å². The quantitative estimate of drug-likeness (QED) is 0.651. The molecule has 1 aromatic carbocycles. The summed E-state index contributed by atoms with van der Waals surface area (Å²) in [7, 11) is -3.41. The smallest absolute Gasteiger partial charge is 0.242 e. The topological polar surface area (TPSA) is 58.2 Å². The highest BCUT2D eigenvalue weighted by molar-refractivity contribution is 7.89. The molecule has 0 saturated heterocycles. The van der Waals surface area contributed by atoms with E-state index in [-0.39, 0.29) is 0 Å². The Kier molecular flexibility index (Phi) is 7.62. The normalized spacial score (nSPS) is 11.5. The largest absolute Gasteiger partial charge is 0.384 e. The molecule has 0 aliphatic rings. The van der Waals surface area contributed by atoms with Crippen molar-refractivity contribution in [2.45, 2.75) is 50.8 Å². The average molecular weight is 298 g/mol. The number of hydrogen-bond donors (Lipinski definition) is 2. The summed E-state index contributed by atoms with van der Waals surface area (Å²) in [6.45, 7) is 5.39. The van der Waals surface area contributed by atoms with E-state index in [9.17, 15) is 8.42 Å². The Morgan fingerprint density at radius 2 is 1.70 bits per heavy atom. The molecule has 1 aromatic rings. The van der Waals surface area contributed by atoms with Gasteiger partial charge in [-0.05, 0) is 25.0 Å². The van der Waals surface area contributed by atoms with Gasteiger partial charge < -0.3 is 5.32 Å². The zero-order chi connectivity index (χ0) is 14.8. The first-order chi connectivity index (χ1) is 9.61. The molecule has 0 amide bonds. The molecule has 0 fully saturated rings. The Morgan fingerprint density at radius 3 is 2.40 bits per heavy atom. The molecule has 0 atom stereocenters. The molecule has 0 aliphatic carbocycles. The molecule has 0 saturated carbocycles. The molecule has 1 rings (SSSR count). The molecule has 0 aliphatic heterocycles. The predicted octanol–water partition coefficient (Wildman–Crippen LogP) is 3.37. The number of hydrogen-bond acceptors (Lipinski definition) is 3. The molecule has 4 nitrogen and oxygen atoms in total. The van der Waals surface area contributed by atoms with E-state index in [1.54, 1.807) is 12.1 Å². The van der Waals surface area contributed by atoms with Crippen LogP contribution in [0.1, 0.15) is 46.0 Å². The van der Waals surface area contributed by atoms with E-state index in [2.05, 4.69) is 17.0 Å². The lowest BCUT2D eigenvalue weighted by molar-refractivity contribution is 0.581. The van der Waals surface area contributed by atoms with Gasteiger partial charge in [-0.15, -0.1) is 0 Å². The molecular weight excluding hydrogens is 272 g/mol. The van der Waals surface area contributed by atoms with Crippen LogP contribution in [0.2, 0.25) is 0 Å². The molecule has 2 N–H and O–H groups in total. The molecule has 114 valence electrons. The minimum atomic E-state index is -3.41. The molecule has 0 aromatic heterocycles. The highest BCUT2D eigenvalue weighted by atomic mass is 32.2. The first kappa shape index (κ1) is 17.0. The first-order valence-corrected chi connectivity index (χ1v) is 8.92. The van der Waals surface area contributed by atoms with Crippen LogP contribution < -0.4 is 10.0 Å². The maximum atomic E-state index is 12.2. The highest BCUT2D eigenvalue weighted by Gasteiger charge is 2.16. The first-order valence-electron chi connectivity index (χ1n) is 7.44. The van der Waals surface area contributed by atoms with Gasteiger partial charge in [-0.1, -0.05) is 45.2 Å². The van der Waals surface area contributed by atoms with Gasteiger partial charge in [0.15, 0.2) is 0 Å². The van der Waals surface area contributed by atoms with Gasteiger partial charge in [0.05, 0.1) is 5.69 Å². The van der Waals surface area contributed by atoms with Gasteiger partial charge in [-0.2, -0.15) is 0 Å². The fraction of sp³-hybridized carbons (Fsp3) is 0.600. The number of rotatable bonds is 10. The van der Waals surface area contributed by atoms with Crippen molar-refractivity contribution >= 4 is 15.7 Å². The van der Waals surface area contributed by atoms with Crippen LogP contribution in [-0.2, 0) is 10.0 Å². The second-order valence-electron chi connectivity index (χ2n) is 4.88. The van der Waals surface area contributed by atoms with Gasteiger partial charge in [0, 0.05) is 13.1 Å². The van der Waals surface area contributed by atoms with Gasteiger partial charge in [-0.25, -0.2) is 13.1 Å². The van der Waals surface area contributed by atoms with Crippen LogP contribution >= 0.6 is 0 Å². The lowest BCUT2D eigenvalue weighted by Crippen LogP contribution is -2.25. The van der Waals surface area contributed by atoms with Gasteiger partial charge in [-0.3, -0.25) is 0 Å². The van der Waals surface area contributed by atoms with Crippen molar-refractivity contribution in [3.05, 3.63) is 24.3 Å². The van der Waals surface area contributed by atoms with Crippen LogP contribution in [0.15, 0.2) is 29.2 Å². The van der Waals surface area contributed by atoms with Gasteiger partial charge >= 0.3 is 0 Å². The molecule has 0 bridgehead atoms. The minimum absolute atomic E-state index is 0.337. The fourth-order valence-electron chi connectivity index (χ4n) is 1.94. The third-order valence-corrected chi connectivity index (χ3v) is 4.58. The van der Waals surface area contributed by atoms with Crippen LogP contribution in [0.4, 0.5) is 5.69 Å². The average Bonchev–Trinajstić information content (AvgIpc) is 2.45. The number of unbranched alkanes of at least 4 members (excludes halogenated alkanes) is 3. The van der Waals surface area contributed by atoms with E-state index in [4.69, 9.17) is 0 Å². The summed E-state index contributed by atoms with van der Waals surface area (Å²) in [6, 6.07) is 7.07. The number of benzene rings is 1. The van der Waals surface area contributed by atoms with Gasteiger partial charge in [0.25, 0.3) is 0 Å². The van der Waals surface area contributed by atoms with Crippen molar-refractivity contribution in [3.63, 3.8) is 0 Å². The van der Waals surface area contributed by atoms with Gasteiger partial charge in [0.2, 0.25) is 10.0 Å². The fourth-order valence-corrected chi connectivity index (χ4v) is 3.25. The van der Waals surface area contributed by atoms with Crippen molar-refractivity contribution < 1.29 is 8.42 Å². The van der Waals surface area contributed by atoms with Crippen LogP contribution in [-0.4, -0.2) is 21.5 Å². The summed E-state index contributed by atoms with van der Waals surface area (Å²) < 4.78 is 27.0. The van der Waals surface area contributed by atoms with E-state index in [1.165, 1.54) is 19.3 Å². The minimum Gasteiger partial charge on any atom is -0.384 e. The SMILES string of the molecule is CCCCCCNc1ccccc1S(=O)(=O)NCCC. The zero-order valence-corrected chi connectivity index (χ0v) is 13.3. The Hall–Kier alpha value is -1.07. The van der Waals surface area contributed by atoms with E-state index in [0.717, 1.165) is 19.4 Å². The summed E-state index contributed by atoms with van der Waals surface area (Å²) in [5, 5.41) is 3.24. The summed E-state index contributed by atoms with van der Waals surface area (Å²) in [4.78, 5) is 0.337. The van der Waals surface area contributed by atoms with E-state index in [0.29, 0.717) is 17.1 Å². The lowest BCUT2D eigenvalue weighted by Gasteiger charge is -2.13. The molecule has 5 heteroatoms. The number of sulfonamides is 1. The van der Waals surface area contributed by atoms with E-state index in [1.807, 2.05) is 19.1 Å². The Bertz CT molecular complexity index is 486. The maximum Gasteiger partial charge on any atom is 0.242 e. The van der Waals surface area contributed by atoms with Crippen LogP contribution in [0.5, 0.6) is 0 Å². The Labute approximate surface area is 123 Å². The van der Waals surface area contributed by atoms with E-state index >= 15 is 0 Å². The molecule has 0 radical (unpaired) electrons. The van der Waals surface area contributed by atoms with Crippen LogP contribution in [0.3, 0.4) is 0 Å². The summed E-state index contributed by atoms with van der Waals surface area (Å²) in [6.07, 6.45) is 5.44. The molecular formula is C15H26N2O2S. The van der Waals surface area contributed by atoms with Crippen molar-refractivity contribution in [2.24, 2.45) is 0 Å². The lowest BCUT2D eigenvalue weighted by atomic mass is 10.2. The number of para-hydroxylation sites is 1. The predicted molar refractivity (Wildman–Crippen MR) is 84.6 cm³/mol. The summed E-state index contributed by atoms with van der Waals surface area (Å²) in [5.41, 5.74) is 0.688. The third-order valence-electron chi connectivity index (χ3n) is 3.06.